The van der Waals surface area contributed by atoms with Gasteiger partial charge in [0.15, 0.2) is 0 Å². The maximum absolute atomic E-state index is 13.9. The molecule has 0 aliphatic carbocycles. The summed E-state index contributed by atoms with van der Waals surface area (Å²) in [4.78, 5) is 7.49. The molecule has 23 heavy (non-hydrogen) atoms. The summed E-state index contributed by atoms with van der Waals surface area (Å²) in [6.07, 6.45) is 1.64. The Hall–Kier alpha value is -3.06. The van der Waals surface area contributed by atoms with Gasteiger partial charge in [-0.25, -0.2) is 13.6 Å². The minimum Gasteiger partial charge on any atom is -0.256 e. The molecular formula is C19H12F2N2. The number of halogens is 2. The van der Waals surface area contributed by atoms with E-state index >= 15 is 0 Å². The lowest BCUT2D eigenvalue weighted by molar-refractivity contribution is 0.619. The largest absolute Gasteiger partial charge is 0.256 e. The standard InChI is InChI=1S/C19H12F2N2/c1-12-10-14(5-7-16(12)20)19-15(4-3-9-23-19)13-6-8-18(22-2)17(21)11-13/h3-11H,1H3. The summed E-state index contributed by atoms with van der Waals surface area (Å²) in [5.41, 5.74) is 3.26. The summed E-state index contributed by atoms with van der Waals surface area (Å²) in [6, 6.07) is 12.8. The maximum Gasteiger partial charge on any atom is 0.222 e. The Bertz CT molecular complexity index is 927. The van der Waals surface area contributed by atoms with Crippen LogP contribution in [0.1, 0.15) is 5.56 Å². The first-order valence-corrected chi connectivity index (χ1v) is 6.99. The van der Waals surface area contributed by atoms with Gasteiger partial charge in [0.25, 0.3) is 0 Å². The molecule has 0 saturated heterocycles. The second kappa shape index (κ2) is 5.98. The monoisotopic (exact) mass is 306 g/mol. The Kier molecular flexibility index (Phi) is 3.86. The molecule has 0 radical (unpaired) electrons. The molecule has 0 spiro atoms. The highest BCUT2D eigenvalue weighted by molar-refractivity contribution is 5.81. The van der Waals surface area contributed by atoms with Crippen LogP contribution in [0.15, 0.2) is 54.7 Å². The minimum absolute atomic E-state index is 0.0168. The third-order valence-electron chi connectivity index (χ3n) is 3.62. The van der Waals surface area contributed by atoms with Gasteiger partial charge < -0.3 is 0 Å². The third-order valence-corrected chi connectivity index (χ3v) is 3.62. The van der Waals surface area contributed by atoms with Gasteiger partial charge in [0.1, 0.15) is 11.6 Å². The Labute approximate surface area is 132 Å². The fourth-order valence-corrected chi connectivity index (χ4v) is 2.43. The smallest absolute Gasteiger partial charge is 0.222 e. The Balaban J connectivity index is 2.17. The van der Waals surface area contributed by atoms with Crippen molar-refractivity contribution in [2.75, 3.05) is 0 Å². The van der Waals surface area contributed by atoms with E-state index in [1.54, 1.807) is 37.4 Å². The van der Waals surface area contributed by atoms with Crippen LogP contribution in [0.3, 0.4) is 0 Å². The second-order valence-electron chi connectivity index (χ2n) is 5.14. The van der Waals surface area contributed by atoms with E-state index in [-0.39, 0.29) is 11.5 Å². The van der Waals surface area contributed by atoms with E-state index in [4.69, 9.17) is 6.57 Å². The van der Waals surface area contributed by atoms with Gasteiger partial charge in [-0.3, -0.25) is 4.98 Å². The molecule has 0 amide bonds. The van der Waals surface area contributed by atoms with Crippen molar-refractivity contribution >= 4 is 5.69 Å². The molecule has 0 bridgehead atoms. The average molecular weight is 306 g/mol. The van der Waals surface area contributed by atoms with Crippen LogP contribution in [0.4, 0.5) is 14.5 Å². The highest BCUT2D eigenvalue weighted by atomic mass is 19.1. The average Bonchev–Trinajstić information content (AvgIpc) is 2.57. The molecular weight excluding hydrogens is 294 g/mol. The number of aromatic nitrogens is 1. The molecule has 1 heterocycles. The number of rotatable bonds is 2. The van der Waals surface area contributed by atoms with Crippen LogP contribution in [0.5, 0.6) is 0 Å². The first kappa shape index (κ1) is 14.9. The van der Waals surface area contributed by atoms with Crippen molar-refractivity contribution < 1.29 is 8.78 Å². The number of nitrogens with zero attached hydrogens (tertiary/aromatic N) is 2. The van der Waals surface area contributed by atoms with E-state index in [0.717, 1.165) is 11.1 Å². The molecule has 1 aromatic heterocycles. The minimum atomic E-state index is -0.567. The van der Waals surface area contributed by atoms with E-state index in [1.807, 2.05) is 6.07 Å². The molecule has 0 unspecified atom stereocenters. The number of aryl methyl sites for hydroxylation is 1. The van der Waals surface area contributed by atoms with Crippen molar-refractivity contribution in [2.45, 2.75) is 6.92 Å². The van der Waals surface area contributed by atoms with Crippen LogP contribution < -0.4 is 0 Å². The van der Waals surface area contributed by atoms with Crippen molar-refractivity contribution in [1.82, 2.24) is 4.98 Å². The summed E-state index contributed by atoms with van der Waals surface area (Å²) in [5, 5.41) is 0. The number of hydrogen-bond donors (Lipinski definition) is 0. The van der Waals surface area contributed by atoms with Crippen molar-refractivity contribution in [3.05, 3.63) is 83.3 Å². The highest BCUT2D eigenvalue weighted by Gasteiger charge is 2.12. The normalized spacial score (nSPS) is 10.3. The first-order chi connectivity index (χ1) is 11.1. The first-order valence-electron chi connectivity index (χ1n) is 6.99. The van der Waals surface area contributed by atoms with Crippen molar-refractivity contribution in [1.29, 1.82) is 0 Å². The summed E-state index contributed by atoms with van der Waals surface area (Å²) in [7, 11) is 0. The van der Waals surface area contributed by atoms with Gasteiger partial charge in [0.05, 0.1) is 12.3 Å². The lowest BCUT2D eigenvalue weighted by Gasteiger charge is -2.10. The van der Waals surface area contributed by atoms with Crippen LogP contribution >= 0.6 is 0 Å². The Morgan fingerprint density at radius 3 is 2.43 bits per heavy atom. The molecule has 4 heteroatoms. The van der Waals surface area contributed by atoms with Gasteiger partial charge in [-0.15, -0.1) is 0 Å². The number of hydrogen-bond acceptors (Lipinski definition) is 1. The van der Waals surface area contributed by atoms with Crippen LogP contribution in [-0.2, 0) is 0 Å². The fourth-order valence-electron chi connectivity index (χ4n) is 2.43. The van der Waals surface area contributed by atoms with Crippen molar-refractivity contribution in [3.8, 4) is 22.4 Å². The number of benzene rings is 2. The molecule has 0 aliphatic heterocycles. The molecule has 3 rings (SSSR count). The van der Waals surface area contributed by atoms with Crippen LogP contribution in [-0.4, -0.2) is 4.98 Å². The molecule has 2 nitrogen and oxygen atoms in total. The molecule has 112 valence electrons. The molecule has 3 aromatic rings. The second-order valence-corrected chi connectivity index (χ2v) is 5.14. The van der Waals surface area contributed by atoms with Crippen LogP contribution in [0.25, 0.3) is 27.2 Å². The van der Waals surface area contributed by atoms with Gasteiger partial charge in [0, 0.05) is 17.3 Å². The highest BCUT2D eigenvalue weighted by Crippen LogP contribution is 2.33. The van der Waals surface area contributed by atoms with E-state index in [0.29, 0.717) is 16.8 Å². The lowest BCUT2D eigenvalue weighted by Crippen LogP contribution is -1.91. The SMILES string of the molecule is [C-]#[N+]c1ccc(-c2cccnc2-c2ccc(F)c(C)c2)cc1F. The van der Waals surface area contributed by atoms with Crippen molar-refractivity contribution in [2.24, 2.45) is 0 Å². The summed E-state index contributed by atoms with van der Waals surface area (Å²) >= 11 is 0. The van der Waals surface area contributed by atoms with Crippen molar-refractivity contribution in [3.63, 3.8) is 0 Å². The molecule has 2 aromatic carbocycles. The van der Waals surface area contributed by atoms with Gasteiger partial charge in [-0.2, -0.15) is 0 Å². The van der Waals surface area contributed by atoms with Gasteiger partial charge in [-0.05, 0) is 48.4 Å². The molecule has 0 saturated carbocycles. The van der Waals surface area contributed by atoms with Gasteiger partial charge in [0.2, 0.25) is 5.69 Å². The predicted octanol–water partition coefficient (Wildman–Crippen LogP) is 5.55. The Morgan fingerprint density at radius 2 is 1.74 bits per heavy atom. The predicted molar refractivity (Wildman–Crippen MR) is 86.0 cm³/mol. The topological polar surface area (TPSA) is 17.2 Å². The zero-order valence-corrected chi connectivity index (χ0v) is 12.3. The van der Waals surface area contributed by atoms with Gasteiger partial charge in [-0.1, -0.05) is 18.2 Å². The summed E-state index contributed by atoms with van der Waals surface area (Å²) in [6.45, 7) is 8.60. The molecule has 0 atom stereocenters. The van der Waals surface area contributed by atoms with E-state index in [9.17, 15) is 8.78 Å². The van der Waals surface area contributed by atoms with E-state index in [2.05, 4.69) is 9.83 Å². The summed E-state index contributed by atoms with van der Waals surface area (Å²) < 4.78 is 27.4. The molecule has 0 aliphatic rings. The molecule has 0 N–H and O–H groups in total. The van der Waals surface area contributed by atoms with Crippen LogP contribution in [0.2, 0.25) is 0 Å². The lowest BCUT2D eigenvalue weighted by atomic mass is 9.98. The van der Waals surface area contributed by atoms with Crippen LogP contribution in [0, 0.1) is 25.1 Å². The zero-order valence-electron chi connectivity index (χ0n) is 12.3. The third kappa shape index (κ3) is 2.82. The zero-order chi connectivity index (χ0) is 16.4. The number of pyridine rings is 1. The Morgan fingerprint density at radius 1 is 0.957 bits per heavy atom. The molecule has 0 fully saturated rings. The maximum atomic E-state index is 13.9. The van der Waals surface area contributed by atoms with Gasteiger partial charge >= 0.3 is 0 Å². The summed E-state index contributed by atoms with van der Waals surface area (Å²) in [5.74, 6) is -0.846. The van der Waals surface area contributed by atoms with E-state index in [1.165, 1.54) is 18.2 Å². The quantitative estimate of drug-likeness (QED) is 0.567. The fraction of sp³-hybridized carbons (Fsp3) is 0.0526. The van der Waals surface area contributed by atoms with E-state index < -0.39 is 5.82 Å².